The predicted molar refractivity (Wildman–Crippen MR) is 101 cm³/mol. The van der Waals surface area contributed by atoms with Crippen LogP contribution in [-0.4, -0.2) is 23.8 Å². The summed E-state index contributed by atoms with van der Waals surface area (Å²) in [6.07, 6.45) is 0.0180. The van der Waals surface area contributed by atoms with Gasteiger partial charge in [-0.15, -0.1) is 0 Å². The van der Waals surface area contributed by atoms with Crippen LogP contribution in [0.15, 0.2) is 53.8 Å². The molecule has 0 spiro atoms. The molecule has 0 amide bonds. The first-order valence-electron chi connectivity index (χ1n) is 8.76. The molecule has 1 aliphatic carbocycles. The first kappa shape index (κ1) is 20.5. The Bertz CT molecular complexity index is 932. The van der Waals surface area contributed by atoms with Gasteiger partial charge in [-0.1, -0.05) is 43.7 Å². The molecule has 7 heteroatoms. The van der Waals surface area contributed by atoms with Crippen LogP contribution in [0, 0.1) is 18.3 Å². The van der Waals surface area contributed by atoms with Crippen molar-refractivity contribution < 1.29 is 22.7 Å². The van der Waals surface area contributed by atoms with Gasteiger partial charge in [0.25, 0.3) is 0 Å². The van der Waals surface area contributed by atoms with Crippen molar-refractivity contribution in [2.75, 3.05) is 7.11 Å². The number of hydrogen-bond acceptors (Lipinski definition) is 2. The first-order valence-corrected chi connectivity index (χ1v) is 9.13. The summed E-state index contributed by atoms with van der Waals surface area (Å²) in [5.41, 5.74) is 0.240. The number of esters is 1. The van der Waals surface area contributed by atoms with Crippen molar-refractivity contribution >= 4 is 17.6 Å². The molecule has 1 saturated carbocycles. The van der Waals surface area contributed by atoms with E-state index in [1.54, 1.807) is 26.0 Å². The Hall–Kier alpha value is -2.21. The number of rotatable bonds is 4. The number of aromatic nitrogens is 1. The van der Waals surface area contributed by atoms with Gasteiger partial charge in [-0.2, -0.15) is 13.2 Å². The fourth-order valence-electron chi connectivity index (χ4n) is 4.38. The second-order valence-electron chi connectivity index (χ2n) is 7.55. The maximum Gasteiger partial charge on any atom is 0.426 e. The SMILES string of the molecule is COC(=O)[C@]1(c2cccc(-n3cccc3)c2C)[C@H](C=C(Cl)C(F)(F)F)C1(C)C. The van der Waals surface area contributed by atoms with E-state index < -0.39 is 33.9 Å². The Labute approximate surface area is 166 Å². The molecule has 1 heterocycles. The number of ether oxygens (including phenoxy) is 1. The lowest BCUT2D eigenvalue weighted by molar-refractivity contribution is -0.145. The maximum absolute atomic E-state index is 13.0. The van der Waals surface area contributed by atoms with Crippen molar-refractivity contribution in [3.05, 3.63) is 65.0 Å². The lowest BCUT2D eigenvalue weighted by atomic mass is 9.84. The highest BCUT2D eigenvalue weighted by molar-refractivity contribution is 6.30. The third kappa shape index (κ3) is 2.85. The molecular weight excluding hydrogens is 391 g/mol. The number of halogens is 4. The van der Waals surface area contributed by atoms with Crippen LogP contribution in [0.4, 0.5) is 13.2 Å². The lowest BCUT2D eigenvalue weighted by Crippen LogP contribution is -2.29. The maximum atomic E-state index is 13.0. The number of allylic oxidation sites excluding steroid dienone is 2. The van der Waals surface area contributed by atoms with Gasteiger partial charge in [0.15, 0.2) is 0 Å². The zero-order valence-corrected chi connectivity index (χ0v) is 16.7. The van der Waals surface area contributed by atoms with E-state index in [2.05, 4.69) is 0 Å². The largest absolute Gasteiger partial charge is 0.468 e. The van der Waals surface area contributed by atoms with E-state index in [0.29, 0.717) is 5.56 Å². The lowest BCUT2D eigenvalue weighted by Gasteiger charge is -2.22. The van der Waals surface area contributed by atoms with Crippen LogP contribution in [-0.2, 0) is 14.9 Å². The van der Waals surface area contributed by atoms with E-state index in [9.17, 15) is 18.0 Å². The molecule has 0 unspecified atom stereocenters. The third-order valence-electron chi connectivity index (χ3n) is 5.88. The Kier molecular flexibility index (Phi) is 4.90. The second kappa shape index (κ2) is 6.69. The molecule has 2 aromatic rings. The molecule has 0 saturated heterocycles. The Morgan fingerprint density at radius 2 is 1.82 bits per heavy atom. The highest BCUT2D eigenvalue weighted by Crippen LogP contribution is 2.71. The number of benzene rings is 1. The predicted octanol–water partition coefficient (Wildman–Crippen LogP) is 5.54. The van der Waals surface area contributed by atoms with Crippen LogP contribution in [0.2, 0.25) is 0 Å². The minimum Gasteiger partial charge on any atom is -0.468 e. The molecule has 2 atom stereocenters. The Morgan fingerprint density at radius 3 is 2.36 bits per heavy atom. The zero-order valence-electron chi connectivity index (χ0n) is 16.0. The van der Waals surface area contributed by atoms with Crippen molar-refractivity contribution in [1.29, 1.82) is 0 Å². The number of alkyl halides is 3. The number of carbonyl (C=O) groups is 1. The van der Waals surface area contributed by atoms with Gasteiger partial charge in [-0.05, 0) is 41.7 Å². The zero-order chi connectivity index (χ0) is 20.9. The molecule has 150 valence electrons. The number of methoxy groups -OCH3 is 1. The summed E-state index contributed by atoms with van der Waals surface area (Å²) in [6.45, 7) is 5.37. The van der Waals surface area contributed by atoms with Gasteiger partial charge in [-0.25, -0.2) is 0 Å². The molecule has 1 aliphatic rings. The fourth-order valence-corrected chi connectivity index (χ4v) is 4.50. The highest BCUT2D eigenvalue weighted by Gasteiger charge is 2.76. The van der Waals surface area contributed by atoms with Crippen molar-refractivity contribution in [3.63, 3.8) is 0 Å². The van der Waals surface area contributed by atoms with E-state index in [1.165, 1.54) is 7.11 Å². The minimum absolute atomic E-state index is 0.571. The summed E-state index contributed by atoms with van der Waals surface area (Å²) in [5.74, 6) is -1.32. The summed E-state index contributed by atoms with van der Waals surface area (Å²) >= 11 is 5.51. The van der Waals surface area contributed by atoms with E-state index in [1.807, 2.05) is 42.1 Å². The van der Waals surface area contributed by atoms with Gasteiger partial charge in [0.05, 0.1) is 7.11 Å². The quantitative estimate of drug-likeness (QED) is 0.619. The molecule has 0 N–H and O–H groups in total. The van der Waals surface area contributed by atoms with Gasteiger partial charge in [-0.3, -0.25) is 4.79 Å². The average molecular weight is 412 g/mol. The van der Waals surface area contributed by atoms with E-state index in [-0.39, 0.29) is 0 Å². The van der Waals surface area contributed by atoms with Crippen molar-refractivity contribution in [2.24, 2.45) is 11.3 Å². The van der Waals surface area contributed by atoms with Crippen molar-refractivity contribution in [2.45, 2.75) is 32.4 Å². The molecule has 28 heavy (non-hydrogen) atoms. The number of carbonyl (C=O) groups excluding carboxylic acids is 1. The van der Waals surface area contributed by atoms with Crippen molar-refractivity contribution in [3.8, 4) is 5.69 Å². The van der Waals surface area contributed by atoms with Gasteiger partial charge < -0.3 is 9.30 Å². The average Bonchev–Trinajstić information content (AvgIpc) is 2.98. The van der Waals surface area contributed by atoms with E-state index in [0.717, 1.165) is 17.3 Å². The summed E-state index contributed by atoms with van der Waals surface area (Å²) in [7, 11) is 1.25. The van der Waals surface area contributed by atoms with Crippen LogP contribution in [0.1, 0.15) is 25.0 Å². The fraction of sp³-hybridized carbons (Fsp3) is 0.381. The molecule has 3 rings (SSSR count). The topological polar surface area (TPSA) is 31.2 Å². The van der Waals surface area contributed by atoms with E-state index >= 15 is 0 Å². The highest BCUT2D eigenvalue weighted by atomic mass is 35.5. The summed E-state index contributed by atoms with van der Waals surface area (Å²) in [6, 6.07) is 9.21. The molecule has 3 nitrogen and oxygen atoms in total. The van der Waals surface area contributed by atoms with Crippen LogP contribution in [0.5, 0.6) is 0 Å². The molecular formula is C21H21ClF3NO2. The Balaban J connectivity index is 2.21. The standard InChI is InChI=1S/C21H21ClF3NO2/c1-13-14(8-7-9-15(13)26-10-5-6-11-26)20(18(27)28-4)16(19(20,2)3)12-17(22)21(23,24)25/h5-12,16H,1-4H3/t16-,20+/m1/s1. The second-order valence-corrected chi connectivity index (χ2v) is 7.96. The van der Waals surface area contributed by atoms with E-state index in [4.69, 9.17) is 16.3 Å². The molecule has 0 aliphatic heterocycles. The van der Waals surface area contributed by atoms with Gasteiger partial charge in [0.2, 0.25) is 0 Å². The van der Waals surface area contributed by atoms with Crippen LogP contribution in [0.25, 0.3) is 5.69 Å². The number of nitrogens with zero attached hydrogens (tertiary/aromatic N) is 1. The number of hydrogen-bond donors (Lipinski definition) is 0. The molecule has 1 fully saturated rings. The third-order valence-corrected chi connectivity index (χ3v) is 6.22. The first-order chi connectivity index (χ1) is 13.0. The van der Waals surface area contributed by atoms with Crippen LogP contribution >= 0.6 is 11.6 Å². The summed E-state index contributed by atoms with van der Waals surface area (Å²) in [5, 5.41) is -1.23. The summed E-state index contributed by atoms with van der Waals surface area (Å²) < 4.78 is 46.1. The van der Waals surface area contributed by atoms with Crippen molar-refractivity contribution in [1.82, 2.24) is 4.57 Å². The Morgan fingerprint density at radius 1 is 1.21 bits per heavy atom. The molecule has 1 aromatic heterocycles. The van der Waals surface area contributed by atoms with Gasteiger partial charge >= 0.3 is 12.1 Å². The van der Waals surface area contributed by atoms with Gasteiger partial charge in [0.1, 0.15) is 10.4 Å². The molecule has 0 bridgehead atoms. The minimum atomic E-state index is -4.66. The molecule has 1 aromatic carbocycles. The normalized spacial score (nSPS) is 24.1. The molecule has 0 radical (unpaired) electrons. The summed E-state index contributed by atoms with van der Waals surface area (Å²) in [4.78, 5) is 12.9. The van der Waals surface area contributed by atoms with Crippen LogP contribution < -0.4 is 0 Å². The smallest absolute Gasteiger partial charge is 0.426 e. The van der Waals surface area contributed by atoms with Crippen LogP contribution in [0.3, 0.4) is 0 Å². The van der Waals surface area contributed by atoms with Gasteiger partial charge in [0, 0.05) is 24.0 Å². The monoisotopic (exact) mass is 411 g/mol.